The Hall–Kier alpha value is -4.07. The molecule has 1 aromatic heterocycles. The quantitative estimate of drug-likeness (QED) is 0.185. The van der Waals surface area contributed by atoms with Crippen molar-refractivity contribution in [3.8, 4) is 5.75 Å². The molecule has 2 aromatic carbocycles. The molecule has 1 aliphatic rings. The molecule has 4 rings (SSSR count). The molecule has 2 unspecified atom stereocenters. The average Bonchev–Trinajstić information content (AvgIpc) is 3.30. The Morgan fingerprint density at radius 2 is 1.68 bits per heavy atom. The summed E-state index contributed by atoms with van der Waals surface area (Å²) in [4.78, 5) is 33.8. The standard InChI is InChI=1S/C36H49N5O3/c1-6-10-11-12-13-16-23-41-25(5)32(27-17-14-15-18-30(27)41)36(33(35(38)43)28(34(37)42)21-22-39-36)29-20-19-26(40(7-2)8-3)24-31(29)44-9-4/h14-15,17-22,24,33H,6-13,16,23H2,1-5H3,(H2,37,42)(H2,38,43). The monoisotopic (exact) mass is 599 g/mol. The molecular weight excluding hydrogens is 550 g/mol. The minimum atomic E-state index is -1.38. The first-order valence-corrected chi connectivity index (χ1v) is 16.2. The van der Waals surface area contributed by atoms with Crippen molar-refractivity contribution in [1.29, 1.82) is 0 Å². The van der Waals surface area contributed by atoms with Crippen LogP contribution in [-0.4, -0.2) is 42.3 Å². The van der Waals surface area contributed by atoms with Crippen LogP contribution in [0.3, 0.4) is 0 Å². The molecule has 1 aliphatic heterocycles. The first-order valence-electron chi connectivity index (χ1n) is 16.2. The summed E-state index contributed by atoms with van der Waals surface area (Å²) >= 11 is 0. The Morgan fingerprint density at radius 1 is 0.977 bits per heavy atom. The van der Waals surface area contributed by atoms with Crippen molar-refractivity contribution in [1.82, 2.24) is 4.57 Å². The van der Waals surface area contributed by atoms with Crippen LogP contribution in [-0.2, 0) is 21.7 Å². The number of allylic oxidation sites excluding steroid dienone is 1. The van der Waals surface area contributed by atoms with Crippen LogP contribution in [0, 0.1) is 12.8 Å². The van der Waals surface area contributed by atoms with Crippen molar-refractivity contribution in [2.24, 2.45) is 22.4 Å². The van der Waals surface area contributed by atoms with Crippen LogP contribution in [0.5, 0.6) is 5.75 Å². The van der Waals surface area contributed by atoms with E-state index in [-0.39, 0.29) is 5.57 Å². The normalized spacial score (nSPS) is 17.9. The van der Waals surface area contributed by atoms with Gasteiger partial charge in [-0.05, 0) is 52.3 Å². The maximum atomic E-state index is 13.6. The summed E-state index contributed by atoms with van der Waals surface area (Å²) in [5, 5.41) is 0.959. The van der Waals surface area contributed by atoms with Gasteiger partial charge in [-0.1, -0.05) is 63.3 Å². The largest absolute Gasteiger partial charge is 0.493 e. The zero-order valence-corrected chi connectivity index (χ0v) is 27.1. The van der Waals surface area contributed by atoms with Gasteiger partial charge in [-0.25, -0.2) is 0 Å². The number of amides is 2. The topological polar surface area (TPSA) is 116 Å². The molecular formula is C36H49N5O3. The van der Waals surface area contributed by atoms with Gasteiger partial charge in [0.05, 0.1) is 6.61 Å². The van der Waals surface area contributed by atoms with E-state index in [0.717, 1.165) is 60.3 Å². The Balaban J connectivity index is 2.02. The van der Waals surface area contributed by atoms with Crippen LogP contribution >= 0.6 is 0 Å². The first-order chi connectivity index (χ1) is 21.3. The number of ether oxygens (including phenoxy) is 1. The maximum Gasteiger partial charge on any atom is 0.245 e. The smallest absolute Gasteiger partial charge is 0.245 e. The number of carbonyl (C=O) groups is 2. The fraction of sp³-hybridized carbons (Fsp3) is 0.472. The minimum absolute atomic E-state index is 0.134. The summed E-state index contributed by atoms with van der Waals surface area (Å²) in [6, 6.07) is 14.2. The molecule has 44 heavy (non-hydrogen) atoms. The highest BCUT2D eigenvalue weighted by molar-refractivity contribution is 6.05. The summed E-state index contributed by atoms with van der Waals surface area (Å²) in [5.74, 6) is -1.92. The van der Waals surface area contributed by atoms with Gasteiger partial charge in [0.1, 0.15) is 17.2 Å². The number of carbonyl (C=O) groups excluding carboxylic acids is 2. The Bertz CT molecular complexity index is 1530. The lowest BCUT2D eigenvalue weighted by atomic mass is 9.67. The van der Waals surface area contributed by atoms with Crippen molar-refractivity contribution < 1.29 is 14.3 Å². The highest BCUT2D eigenvalue weighted by atomic mass is 16.5. The van der Waals surface area contributed by atoms with Gasteiger partial charge in [-0.15, -0.1) is 0 Å². The van der Waals surface area contributed by atoms with Crippen molar-refractivity contribution in [3.63, 3.8) is 0 Å². The van der Waals surface area contributed by atoms with Gasteiger partial charge >= 0.3 is 0 Å². The molecule has 3 aromatic rings. The zero-order chi connectivity index (χ0) is 31.9. The molecule has 0 bridgehead atoms. The molecule has 2 heterocycles. The molecule has 0 spiro atoms. The second-order valence-corrected chi connectivity index (χ2v) is 11.5. The summed E-state index contributed by atoms with van der Waals surface area (Å²) in [6.45, 7) is 13.4. The van der Waals surface area contributed by atoms with Crippen LogP contribution in [0.2, 0.25) is 0 Å². The molecule has 236 valence electrons. The number of fused-ring (bicyclic) bond motifs is 1. The number of aliphatic imine (C=N–C) groups is 1. The lowest BCUT2D eigenvalue weighted by molar-refractivity contribution is -0.125. The van der Waals surface area contributed by atoms with E-state index in [1.165, 1.54) is 31.8 Å². The van der Waals surface area contributed by atoms with E-state index in [1.54, 1.807) is 6.21 Å². The third-order valence-electron chi connectivity index (χ3n) is 8.98. The fourth-order valence-electron chi connectivity index (χ4n) is 6.92. The average molecular weight is 600 g/mol. The highest BCUT2D eigenvalue weighted by Gasteiger charge is 2.53. The van der Waals surface area contributed by atoms with E-state index in [2.05, 4.69) is 49.3 Å². The molecule has 2 atom stereocenters. The molecule has 8 heteroatoms. The summed E-state index contributed by atoms with van der Waals surface area (Å²) in [7, 11) is 0. The van der Waals surface area contributed by atoms with Crippen LogP contribution < -0.4 is 21.1 Å². The van der Waals surface area contributed by atoms with Crippen LogP contribution in [0.1, 0.15) is 83.0 Å². The van der Waals surface area contributed by atoms with E-state index in [9.17, 15) is 9.59 Å². The number of hydrogen-bond acceptors (Lipinski definition) is 5. The number of aromatic nitrogens is 1. The number of benzene rings is 2. The predicted molar refractivity (Wildman–Crippen MR) is 180 cm³/mol. The van der Waals surface area contributed by atoms with Crippen LogP contribution in [0.4, 0.5) is 5.69 Å². The number of aryl methyl sites for hydroxylation is 1. The van der Waals surface area contributed by atoms with Gasteiger partial charge in [-0.3, -0.25) is 14.6 Å². The van der Waals surface area contributed by atoms with Gasteiger partial charge in [0.15, 0.2) is 0 Å². The number of primary amides is 2. The number of nitrogens with zero attached hydrogens (tertiary/aromatic N) is 3. The maximum absolute atomic E-state index is 13.6. The number of rotatable bonds is 16. The molecule has 0 radical (unpaired) electrons. The highest BCUT2D eigenvalue weighted by Crippen LogP contribution is 2.52. The first kappa shape index (κ1) is 32.8. The molecule has 4 N–H and O–H groups in total. The zero-order valence-electron chi connectivity index (χ0n) is 27.1. The molecule has 0 fully saturated rings. The van der Waals surface area contributed by atoms with Crippen molar-refractivity contribution in [2.45, 2.75) is 85.2 Å². The Morgan fingerprint density at radius 3 is 2.34 bits per heavy atom. The summed E-state index contributed by atoms with van der Waals surface area (Å²) in [6.07, 6.45) is 10.2. The van der Waals surface area contributed by atoms with E-state index in [0.29, 0.717) is 17.9 Å². The van der Waals surface area contributed by atoms with Gasteiger partial charge < -0.3 is 25.7 Å². The number of hydrogen-bond donors (Lipinski definition) is 2. The van der Waals surface area contributed by atoms with Gasteiger partial charge in [0.2, 0.25) is 11.8 Å². The van der Waals surface area contributed by atoms with Crippen LogP contribution in [0.15, 0.2) is 59.1 Å². The second-order valence-electron chi connectivity index (χ2n) is 11.5. The third kappa shape index (κ3) is 6.12. The van der Waals surface area contributed by atoms with Crippen molar-refractivity contribution >= 4 is 34.6 Å². The van der Waals surface area contributed by atoms with E-state index < -0.39 is 23.3 Å². The minimum Gasteiger partial charge on any atom is -0.493 e. The van der Waals surface area contributed by atoms with Gasteiger partial charge in [0.25, 0.3) is 0 Å². The summed E-state index contributed by atoms with van der Waals surface area (Å²) < 4.78 is 8.64. The Labute approximate surface area is 262 Å². The number of anilines is 1. The third-order valence-corrected chi connectivity index (χ3v) is 8.98. The lowest BCUT2D eigenvalue weighted by Gasteiger charge is -2.40. The van der Waals surface area contributed by atoms with E-state index >= 15 is 0 Å². The molecule has 0 saturated carbocycles. The van der Waals surface area contributed by atoms with Crippen molar-refractivity contribution in [2.75, 3.05) is 24.6 Å². The molecule has 0 aliphatic carbocycles. The molecule has 0 saturated heterocycles. The van der Waals surface area contributed by atoms with Gasteiger partial charge in [0, 0.05) is 70.9 Å². The lowest BCUT2D eigenvalue weighted by Crippen LogP contribution is -2.48. The Kier molecular flexibility index (Phi) is 10.9. The second kappa shape index (κ2) is 14.6. The van der Waals surface area contributed by atoms with E-state index in [4.69, 9.17) is 21.2 Å². The number of para-hydroxylation sites is 1. The number of nitrogens with two attached hydrogens (primary N) is 2. The SMILES string of the molecule is CCCCCCCCn1c(C)c(C2(c3ccc(N(CC)CC)cc3OCC)N=CC=C(C(N)=O)C2C(N)=O)c2ccccc21. The fourth-order valence-corrected chi connectivity index (χ4v) is 6.92. The molecule has 8 nitrogen and oxygen atoms in total. The summed E-state index contributed by atoms with van der Waals surface area (Å²) in [5.41, 5.74) is 15.4. The van der Waals surface area contributed by atoms with E-state index in [1.807, 2.05) is 37.3 Å². The number of unbranched alkanes of at least 4 members (excludes halogenated alkanes) is 5. The predicted octanol–water partition coefficient (Wildman–Crippen LogP) is 6.40. The van der Waals surface area contributed by atoms with Crippen molar-refractivity contribution in [3.05, 3.63) is 70.9 Å². The van der Waals surface area contributed by atoms with Gasteiger partial charge in [-0.2, -0.15) is 0 Å². The number of dihydropyridines is 1. The van der Waals surface area contributed by atoms with Crippen LogP contribution in [0.25, 0.3) is 10.9 Å². The molecule has 2 amide bonds.